The third-order valence-electron chi connectivity index (χ3n) is 2.99. The molecule has 2 rings (SSSR count). The zero-order valence-corrected chi connectivity index (χ0v) is 12.2. The van der Waals surface area contributed by atoms with Crippen LogP contribution in [0.2, 0.25) is 10.0 Å². The summed E-state index contributed by atoms with van der Waals surface area (Å²) in [6.07, 6.45) is -0.747. The second kappa shape index (κ2) is 6.44. The normalized spacial score (nSPS) is 12.2. The number of hydrogen-bond acceptors (Lipinski definition) is 2. The van der Waals surface area contributed by atoms with Gasteiger partial charge in [0.05, 0.1) is 23.3 Å². The van der Waals surface area contributed by atoms with Gasteiger partial charge in [0.25, 0.3) is 0 Å². The lowest BCUT2D eigenvalue weighted by molar-refractivity contribution is 0.172. The van der Waals surface area contributed by atoms with Gasteiger partial charge in [0.15, 0.2) is 11.6 Å². The highest BCUT2D eigenvalue weighted by Gasteiger charge is 2.17. The van der Waals surface area contributed by atoms with Crippen LogP contribution < -0.4 is 4.74 Å². The average molecular weight is 315 g/mol. The molecule has 0 radical (unpaired) electrons. The molecule has 0 spiro atoms. The Bertz CT molecular complexity index is 617. The van der Waals surface area contributed by atoms with E-state index in [1.807, 2.05) is 0 Å². The maximum absolute atomic E-state index is 14.0. The number of aliphatic hydroxyl groups is 1. The molecule has 0 saturated heterocycles. The third kappa shape index (κ3) is 3.23. The van der Waals surface area contributed by atoms with Crippen LogP contribution in [0.4, 0.5) is 4.39 Å². The summed E-state index contributed by atoms with van der Waals surface area (Å²) < 4.78 is 18.9. The number of halogens is 3. The van der Waals surface area contributed by atoms with Crippen molar-refractivity contribution in [2.24, 2.45) is 0 Å². The minimum absolute atomic E-state index is 0.107. The monoisotopic (exact) mass is 314 g/mol. The molecule has 0 heterocycles. The van der Waals surface area contributed by atoms with E-state index in [1.165, 1.54) is 19.2 Å². The van der Waals surface area contributed by atoms with Gasteiger partial charge < -0.3 is 9.84 Å². The molecule has 2 aromatic rings. The fraction of sp³-hybridized carbons (Fsp3) is 0.200. The summed E-state index contributed by atoms with van der Waals surface area (Å²) >= 11 is 11.7. The molecule has 1 N–H and O–H groups in total. The molecular formula is C15H13Cl2FO2. The van der Waals surface area contributed by atoms with Gasteiger partial charge in [0, 0.05) is 12.0 Å². The van der Waals surface area contributed by atoms with Gasteiger partial charge in [-0.1, -0.05) is 41.4 Å². The Labute approximate surface area is 126 Å². The lowest BCUT2D eigenvalue weighted by atomic mass is 10.0. The molecule has 0 saturated carbocycles. The second-order valence-electron chi connectivity index (χ2n) is 4.33. The third-order valence-corrected chi connectivity index (χ3v) is 3.72. The van der Waals surface area contributed by atoms with E-state index in [-0.39, 0.29) is 17.7 Å². The molecule has 2 aromatic carbocycles. The van der Waals surface area contributed by atoms with E-state index in [9.17, 15) is 9.50 Å². The van der Waals surface area contributed by atoms with E-state index < -0.39 is 11.9 Å². The topological polar surface area (TPSA) is 29.5 Å². The van der Waals surface area contributed by atoms with Gasteiger partial charge >= 0.3 is 0 Å². The molecule has 0 bridgehead atoms. The van der Waals surface area contributed by atoms with Gasteiger partial charge in [0.2, 0.25) is 0 Å². The van der Waals surface area contributed by atoms with Crippen molar-refractivity contribution >= 4 is 23.2 Å². The van der Waals surface area contributed by atoms with Gasteiger partial charge in [-0.3, -0.25) is 0 Å². The van der Waals surface area contributed by atoms with Crippen LogP contribution >= 0.6 is 23.2 Å². The molecular weight excluding hydrogens is 302 g/mol. The Morgan fingerprint density at radius 3 is 2.60 bits per heavy atom. The fourth-order valence-electron chi connectivity index (χ4n) is 1.94. The van der Waals surface area contributed by atoms with E-state index in [1.54, 1.807) is 24.3 Å². The average Bonchev–Trinajstić information content (AvgIpc) is 2.43. The van der Waals surface area contributed by atoms with E-state index in [2.05, 4.69) is 0 Å². The number of rotatable bonds is 4. The first-order valence-electron chi connectivity index (χ1n) is 5.97. The molecule has 1 atom stereocenters. The number of hydrogen-bond donors (Lipinski definition) is 1. The van der Waals surface area contributed by atoms with Crippen molar-refractivity contribution in [2.75, 3.05) is 7.11 Å². The Morgan fingerprint density at radius 2 is 1.95 bits per heavy atom. The molecule has 0 aliphatic carbocycles. The van der Waals surface area contributed by atoms with E-state index in [4.69, 9.17) is 27.9 Å². The van der Waals surface area contributed by atoms with Crippen molar-refractivity contribution in [3.05, 3.63) is 63.4 Å². The Hall–Kier alpha value is -1.29. The highest BCUT2D eigenvalue weighted by atomic mass is 35.5. The van der Waals surface area contributed by atoms with Crippen LogP contribution in [-0.2, 0) is 6.42 Å². The zero-order valence-electron chi connectivity index (χ0n) is 10.7. The summed E-state index contributed by atoms with van der Waals surface area (Å²) in [5.74, 6) is -0.446. The van der Waals surface area contributed by atoms with Crippen LogP contribution in [0.1, 0.15) is 17.2 Å². The summed E-state index contributed by atoms with van der Waals surface area (Å²) in [6.45, 7) is 0. The molecule has 0 aromatic heterocycles. The standard InChI is InChI=1S/C15H13Cl2FO2/c1-20-14-4-2-3-10(15(14)18)13(19)8-9-5-6-11(16)12(17)7-9/h2-7,13,19H,8H2,1H3. The molecule has 1 unspecified atom stereocenters. The van der Waals surface area contributed by atoms with Crippen molar-refractivity contribution in [2.45, 2.75) is 12.5 Å². The summed E-state index contributed by atoms with van der Waals surface area (Å²) in [6, 6.07) is 9.72. The smallest absolute Gasteiger partial charge is 0.170 e. The fourth-order valence-corrected chi connectivity index (χ4v) is 2.26. The van der Waals surface area contributed by atoms with Gasteiger partial charge in [-0.05, 0) is 23.8 Å². The molecule has 106 valence electrons. The predicted molar refractivity (Wildman–Crippen MR) is 78.1 cm³/mol. The van der Waals surface area contributed by atoms with Crippen LogP contribution in [-0.4, -0.2) is 12.2 Å². The Balaban J connectivity index is 2.23. The Morgan fingerprint density at radius 1 is 1.20 bits per heavy atom. The lowest BCUT2D eigenvalue weighted by Gasteiger charge is -2.14. The van der Waals surface area contributed by atoms with Crippen LogP contribution in [0.15, 0.2) is 36.4 Å². The van der Waals surface area contributed by atoms with Crippen molar-refractivity contribution < 1.29 is 14.2 Å². The molecule has 0 fully saturated rings. The first-order valence-corrected chi connectivity index (χ1v) is 6.73. The second-order valence-corrected chi connectivity index (χ2v) is 5.15. The summed E-state index contributed by atoms with van der Waals surface area (Å²) in [7, 11) is 1.38. The maximum Gasteiger partial charge on any atom is 0.170 e. The maximum atomic E-state index is 14.0. The molecule has 20 heavy (non-hydrogen) atoms. The molecule has 0 aliphatic heterocycles. The minimum Gasteiger partial charge on any atom is -0.494 e. The lowest BCUT2D eigenvalue weighted by Crippen LogP contribution is -2.05. The van der Waals surface area contributed by atoms with Crippen LogP contribution in [0.5, 0.6) is 5.75 Å². The van der Waals surface area contributed by atoms with Gasteiger partial charge in [-0.2, -0.15) is 0 Å². The van der Waals surface area contributed by atoms with Crippen LogP contribution in [0, 0.1) is 5.82 Å². The first kappa shape index (κ1) is 15.1. The number of methoxy groups -OCH3 is 1. The summed E-state index contributed by atoms with van der Waals surface area (Å²) in [5, 5.41) is 11.0. The van der Waals surface area contributed by atoms with E-state index >= 15 is 0 Å². The highest BCUT2D eigenvalue weighted by Crippen LogP contribution is 2.29. The first-order chi connectivity index (χ1) is 9.52. The van der Waals surface area contributed by atoms with Crippen molar-refractivity contribution in [3.8, 4) is 5.75 Å². The Kier molecular flexibility index (Phi) is 4.86. The summed E-state index contributed by atoms with van der Waals surface area (Å²) in [5.41, 5.74) is 0.963. The van der Waals surface area contributed by atoms with Gasteiger partial charge in [-0.15, -0.1) is 0 Å². The quantitative estimate of drug-likeness (QED) is 0.905. The zero-order chi connectivity index (χ0) is 14.7. The number of aliphatic hydroxyl groups excluding tert-OH is 1. The van der Waals surface area contributed by atoms with E-state index in [0.29, 0.717) is 10.0 Å². The molecule has 2 nitrogen and oxygen atoms in total. The van der Waals surface area contributed by atoms with Gasteiger partial charge in [0.1, 0.15) is 0 Å². The highest BCUT2D eigenvalue weighted by molar-refractivity contribution is 6.42. The van der Waals surface area contributed by atoms with Crippen LogP contribution in [0.25, 0.3) is 0 Å². The molecule has 5 heteroatoms. The largest absolute Gasteiger partial charge is 0.494 e. The van der Waals surface area contributed by atoms with Crippen molar-refractivity contribution in [3.63, 3.8) is 0 Å². The van der Waals surface area contributed by atoms with Crippen molar-refractivity contribution in [1.29, 1.82) is 0 Å². The van der Waals surface area contributed by atoms with Gasteiger partial charge in [-0.25, -0.2) is 4.39 Å². The molecule has 0 aliphatic rings. The number of ether oxygens (including phenoxy) is 1. The van der Waals surface area contributed by atoms with E-state index in [0.717, 1.165) is 5.56 Å². The summed E-state index contributed by atoms with van der Waals surface area (Å²) in [4.78, 5) is 0. The molecule has 0 amide bonds. The number of benzene rings is 2. The SMILES string of the molecule is COc1cccc(C(O)Cc2ccc(Cl)c(Cl)c2)c1F. The van der Waals surface area contributed by atoms with Crippen LogP contribution in [0.3, 0.4) is 0 Å². The minimum atomic E-state index is -0.984. The van der Waals surface area contributed by atoms with Crippen molar-refractivity contribution in [1.82, 2.24) is 0 Å². The predicted octanol–water partition coefficient (Wildman–Crippen LogP) is 4.42.